The van der Waals surface area contributed by atoms with Crippen molar-refractivity contribution in [1.29, 1.82) is 0 Å². The highest BCUT2D eigenvalue weighted by Crippen LogP contribution is 2.39. The molecule has 5 rings (SSSR count). The molecule has 0 amide bonds. The van der Waals surface area contributed by atoms with E-state index >= 15 is 0 Å². The van der Waals surface area contributed by atoms with E-state index in [4.69, 9.17) is 12.2 Å². The number of aromatic nitrogens is 2. The monoisotopic (exact) mass is 466 g/mol. The average molecular weight is 467 g/mol. The highest BCUT2D eigenvalue weighted by atomic mass is 32.1. The van der Waals surface area contributed by atoms with Gasteiger partial charge in [-0.3, -0.25) is 9.55 Å². The van der Waals surface area contributed by atoms with E-state index in [-0.39, 0.29) is 23.7 Å². The molecule has 0 unspecified atom stereocenters. The van der Waals surface area contributed by atoms with Crippen LogP contribution in [0.15, 0.2) is 77.7 Å². The molecule has 4 aromatic rings. The van der Waals surface area contributed by atoms with Crippen molar-refractivity contribution in [2.24, 2.45) is 0 Å². The van der Waals surface area contributed by atoms with Gasteiger partial charge < -0.3 is 5.11 Å². The van der Waals surface area contributed by atoms with Crippen LogP contribution in [-0.2, 0) is 6.54 Å². The van der Waals surface area contributed by atoms with Gasteiger partial charge in [0, 0.05) is 17.7 Å². The number of rotatable bonds is 4. The summed E-state index contributed by atoms with van der Waals surface area (Å²) in [6.45, 7) is 2.07. The number of fused-ring (bicyclic) bond motifs is 2. The summed E-state index contributed by atoms with van der Waals surface area (Å²) in [5.41, 5.74) is 6.66. The zero-order valence-corrected chi connectivity index (χ0v) is 19.3. The van der Waals surface area contributed by atoms with E-state index in [0.29, 0.717) is 4.64 Å². The third kappa shape index (κ3) is 4.04. The van der Waals surface area contributed by atoms with Crippen molar-refractivity contribution in [3.05, 3.63) is 133 Å². The number of aromatic amines is 1. The summed E-state index contributed by atoms with van der Waals surface area (Å²) in [4.78, 5) is 27.2. The summed E-state index contributed by atoms with van der Waals surface area (Å²) in [5, 5.41) is 9.42. The Labute approximate surface area is 201 Å². The number of carboxylic acid groups (broad SMARTS) is 1. The van der Waals surface area contributed by atoms with Crippen molar-refractivity contribution < 1.29 is 9.90 Å². The van der Waals surface area contributed by atoms with Gasteiger partial charge in [-0.25, -0.2) is 9.59 Å². The molecule has 3 aromatic carbocycles. The molecular formula is C28H22N2O3S. The van der Waals surface area contributed by atoms with E-state index in [0.717, 1.165) is 38.9 Å². The number of aromatic carboxylic acids is 1. The minimum Gasteiger partial charge on any atom is -0.478 e. The number of carboxylic acids is 1. The molecule has 34 heavy (non-hydrogen) atoms. The van der Waals surface area contributed by atoms with E-state index in [2.05, 4.69) is 41.4 Å². The standard InChI is InChI=1S/C28H22N2O3S/c1-17-12-18(14-21(13-17)27(31)32)15-30-16-24(26(34)29-28(30)33)25-22-8-4-2-6-19(22)10-11-20-7-3-5-9-23(20)25/h2-14,16,25H,15H2,1H3,(H,31,32)(H,29,33,34). The largest absolute Gasteiger partial charge is 0.478 e. The minimum absolute atomic E-state index is 0.162. The van der Waals surface area contributed by atoms with Gasteiger partial charge in [-0.2, -0.15) is 0 Å². The van der Waals surface area contributed by atoms with E-state index in [1.54, 1.807) is 16.7 Å². The highest BCUT2D eigenvalue weighted by Gasteiger charge is 2.25. The Bertz CT molecular complexity index is 1530. The number of hydrogen-bond donors (Lipinski definition) is 2. The molecule has 5 nitrogen and oxygen atoms in total. The molecule has 6 heteroatoms. The first-order valence-electron chi connectivity index (χ1n) is 10.9. The van der Waals surface area contributed by atoms with Crippen LogP contribution in [0.25, 0.3) is 12.2 Å². The second-order valence-electron chi connectivity index (χ2n) is 8.51. The van der Waals surface area contributed by atoms with Crippen molar-refractivity contribution in [3.8, 4) is 0 Å². The maximum absolute atomic E-state index is 12.9. The number of H-pyrrole nitrogens is 1. The lowest BCUT2D eigenvalue weighted by Gasteiger charge is -2.22. The average Bonchev–Trinajstić information content (AvgIpc) is 2.97. The maximum atomic E-state index is 12.9. The van der Waals surface area contributed by atoms with E-state index in [9.17, 15) is 14.7 Å². The van der Waals surface area contributed by atoms with Gasteiger partial charge in [0.1, 0.15) is 4.64 Å². The Morgan fingerprint density at radius 1 is 0.971 bits per heavy atom. The molecular weight excluding hydrogens is 444 g/mol. The number of aryl methyl sites for hydroxylation is 1. The predicted octanol–water partition coefficient (Wildman–Crippen LogP) is 5.62. The molecule has 1 aliphatic rings. The summed E-state index contributed by atoms with van der Waals surface area (Å²) in [6.07, 6.45) is 6.03. The molecule has 0 aliphatic heterocycles. The number of benzene rings is 3. The van der Waals surface area contributed by atoms with Crippen LogP contribution in [0.1, 0.15) is 55.2 Å². The Morgan fingerprint density at radius 3 is 2.21 bits per heavy atom. The Balaban J connectivity index is 1.68. The number of nitrogens with zero attached hydrogens (tertiary/aromatic N) is 1. The minimum atomic E-state index is -0.996. The summed E-state index contributed by atoms with van der Waals surface area (Å²) in [7, 11) is 0. The molecule has 0 spiro atoms. The highest BCUT2D eigenvalue weighted by molar-refractivity contribution is 7.71. The van der Waals surface area contributed by atoms with Gasteiger partial charge in [0.15, 0.2) is 0 Å². The molecule has 1 aromatic heterocycles. The number of carbonyl (C=O) groups is 1. The molecule has 2 N–H and O–H groups in total. The first-order chi connectivity index (χ1) is 16.4. The molecule has 0 bridgehead atoms. The van der Waals surface area contributed by atoms with Crippen molar-refractivity contribution in [2.45, 2.75) is 19.4 Å². The zero-order chi connectivity index (χ0) is 23.8. The quantitative estimate of drug-likeness (QED) is 0.337. The second-order valence-corrected chi connectivity index (χ2v) is 8.92. The van der Waals surface area contributed by atoms with E-state index < -0.39 is 5.97 Å². The van der Waals surface area contributed by atoms with Crippen LogP contribution in [0.4, 0.5) is 0 Å². The van der Waals surface area contributed by atoms with Crippen LogP contribution in [0.5, 0.6) is 0 Å². The van der Waals surface area contributed by atoms with E-state index in [1.165, 1.54) is 0 Å². The Hall–Kier alpha value is -4.03. The van der Waals surface area contributed by atoms with Gasteiger partial charge in [-0.1, -0.05) is 79.0 Å². The van der Waals surface area contributed by atoms with Crippen LogP contribution in [0.2, 0.25) is 0 Å². The maximum Gasteiger partial charge on any atom is 0.335 e. The van der Waals surface area contributed by atoms with Crippen LogP contribution in [0, 0.1) is 11.6 Å². The van der Waals surface area contributed by atoms with Crippen molar-refractivity contribution >= 4 is 30.3 Å². The summed E-state index contributed by atoms with van der Waals surface area (Å²) in [6, 6.07) is 21.5. The summed E-state index contributed by atoms with van der Waals surface area (Å²) in [5.74, 6) is -1.16. The van der Waals surface area contributed by atoms with Crippen molar-refractivity contribution in [2.75, 3.05) is 0 Å². The number of nitrogens with one attached hydrogen (secondary N) is 1. The molecule has 1 heterocycles. The number of hydrogen-bond acceptors (Lipinski definition) is 3. The topological polar surface area (TPSA) is 75.1 Å². The third-order valence-corrected chi connectivity index (χ3v) is 6.48. The van der Waals surface area contributed by atoms with Crippen LogP contribution in [-0.4, -0.2) is 20.6 Å². The van der Waals surface area contributed by atoms with Crippen LogP contribution in [0.3, 0.4) is 0 Å². The first-order valence-corrected chi connectivity index (χ1v) is 11.3. The van der Waals surface area contributed by atoms with Crippen molar-refractivity contribution in [1.82, 2.24) is 9.55 Å². The molecule has 0 fully saturated rings. The lowest BCUT2D eigenvalue weighted by Crippen LogP contribution is -2.25. The van der Waals surface area contributed by atoms with Gasteiger partial charge >= 0.3 is 11.7 Å². The first kappa shape index (κ1) is 21.8. The summed E-state index contributed by atoms with van der Waals surface area (Å²) < 4.78 is 1.96. The molecule has 0 saturated carbocycles. The molecule has 0 radical (unpaired) electrons. The van der Waals surface area contributed by atoms with Gasteiger partial charge in [0.2, 0.25) is 0 Å². The summed E-state index contributed by atoms with van der Waals surface area (Å²) >= 11 is 5.66. The zero-order valence-electron chi connectivity index (χ0n) is 18.5. The predicted molar refractivity (Wildman–Crippen MR) is 136 cm³/mol. The lowest BCUT2D eigenvalue weighted by molar-refractivity contribution is 0.0696. The van der Waals surface area contributed by atoms with Crippen molar-refractivity contribution in [3.63, 3.8) is 0 Å². The van der Waals surface area contributed by atoms with E-state index in [1.807, 2.05) is 43.5 Å². The van der Waals surface area contributed by atoms with Gasteiger partial charge in [-0.05, 0) is 52.4 Å². The fourth-order valence-corrected chi connectivity index (χ4v) is 4.91. The van der Waals surface area contributed by atoms with Gasteiger partial charge in [-0.15, -0.1) is 0 Å². The Morgan fingerprint density at radius 2 is 1.59 bits per heavy atom. The van der Waals surface area contributed by atoms with Crippen LogP contribution >= 0.6 is 12.2 Å². The Kier molecular flexibility index (Phi) is 5.59. The fourth-order valence-electron chi connectivity index (χ4n) is 4.66. The molecule has 0 saturated heterocycles. The third-order valence-electron chi connectivity index (χ3n) is 6.14. The normalized spacial score (nSPS) is 12.6. The van der Waals surface area contributed by atoms with Gasteiger partial charge in [0.05, 0.1) is 12.1 Å². The smallest absolute Gasteiger partial charge is 0.335 e. The molecule has 1 aliphatic carbocycles. The molecule has 168 valence electrons. The lowest BCUT2D eigenvalue weighted by atomic mass is 9.83. The fraction of sp³-hybridized carbons (Fsp3) is 0.107. The van der Waals surface area contributed by atoms with Crippen LogP contribution < -0.4 is 5.69 Å². The molecule has 0 atom stereocenters. The SMILES string of the molecule is Cc1cc(Cn2cc(C3c4ccccc4C=Cc4ccccc43)c(=S)[nH]c2=O)cc(C(=O)O)c1. The second kappa shape index (κ2) is 8.72. The van der Waals surface area contributed by atoms with Gasteiger partial charge in [0.25, 0.3) is 0 Å².